The second kappa shape index (κ2) is 16.5. The van der Waals surface area contributed by atoms with E-state index in [1.54, 1.807) is 0 Å². The molecule has 0 aliphatic carbocycles. The number of unbranched alkanes of at least 4 members (excludes halogenated alkanes) is 12. The highest BCUT2D eigenvalue weighted by atomic mass is 16.1. The molecule has 2 nitrogen and oxygen atoms in total. The molecule has 1 amide bonds. The van der Waals surface area contributed by atoms with Gasteiger partial charge >= 0.3 is 0 Å². The van der Waals surface area contributed by atoms with Crippen LogP contribution in [0.2, 0.25) is 0 Å². The van der Waals surface area contributed by atoms with Crippen molar-refractivity contribution in [1.29, 1.82) is 0 Å². The number of rotatable bonds is 15. The van der Waals surface area contributed by atoms with E-state index in [1.165, 1.54) is 77.0 Å². The first-order valence-corrected chi connectivity index (χ1v) is 9.01. The average molecular weight is 282 g/mol. The number of hydrogen-bond donors (Lipinski definition) is 0. The summed E-state index contributed by atoms with van der Waals surface area (Å²) in [6.07, 6.45) is 18.2. The first-order valence-electron chi connectivity index (χ1n) is 9.01. The molecular formula is C18H36NO. The molecular weight excluding hydrogens is 246 g/mol. The summed E-state index contributed by atoms with van der Waals surface area (Å²) in [7, 11) is 0. The van der Waals surface area contributed by atoms with Gasteiger partial charge in [-0.1, -0.05) is 84.0 Å². The number of carbonyl (C=O) groups excluding carboxylic acids is 1. The summed E-state index contributed by atoms with van der Waals surface area (Å²) < 4.78 is 0. The van der Waals surface area contributed by atoms with Gasteiger partial charge in [-0.15, -0.1) is 0 Å². The van der Waals surface area contributed by atoms with Crippen LogP contribution in [-0.4, -0.2) is 12.5 Å². The van der Waals surface area contributed by atoms with Gasteiger partial charge in [-0.2, -0.15) is 0 Å². The zero-order valence-corrected chi connectivity index (χ0v) is 14.0. The lowest BCUT2D eigenvalue weighted by Gasteiger charge is -2.03. The second-order valence-electron chi connectivity index (χ2n) is 5.86. The molecule has 2 heteroatoms. The van der Waals surface area contributed by atoms with Crippen molar-refractivity contribution in [3.05, 3.63) is 0 Å². The van der Waals surface area contributed by atoms with Gasteiger partial charge in [0.25, 0.3) is 0 Å². The quantitative estimate of drug-likeness (QED) is 0.359. The predicted octanol–water partition coefficient (Wildman–Crippen LogP) is 5.62. The lowest BCUT2D eigenvalue weighted by Crippen LogP contribution is -2.14. The van der Waals surface area contributed by atoms with Gasteiger partial charge in [0.2, 0.25) is 5.91 Å². The molecule has 0 aromatic carbocycles. The standard InChI is InChI=1S/C18H36NO/c1-3-5-6-7-8-9-10-11-12-13-14-15-16-17-18(20)19-4-2/h3-17H2,1-2H3. The molecule has 0 bridgehead atoms. The SMILES string of the molecule is CCCCCCCCCCCCCCCC(=O)[N]CC. The van der Waals surface area contributed by atoms with E-state index in [0.717, 1.165) is 6.42 Å². The number of carbonyl (C=O) groups is 1. The third-order valence-electron chi connectivity index (χ3n) is 3.83. The fourth-order valence-electron chi connectivity index (χ4n) is 2.55. The normalized spacial score (nSPS) is 10.7. The Balaban J connectivity index is 3.01. The highest BCUT2D eigenvalue weighted by Gasteiger charge is 2.00. The smallest absolute Gasteiger partial charge is 0.241 e. The van der Waals surface area contributed by atoms with Crippen LogP contribution in [0.4, 0.5) is 0 Å². The van der Waals surface area contributed by atoms with Crippen LogP contribution in [0.15, 0.2) is 0 Å². The van der Waals surface area contributed by atoms with Crippen molar-refractivity contribution in [2.75, 3.05) is 6.54 Å². The van der Waals surface area contributed by atoms with Crippen LogP contribution in [0.5, 0.6) is 0 Å². The summed E-state index contributed by atoms with van der Waals surface area (Å²) in [6.45, 7) is 4.83. The summed E-state index contributed by atoms with van der Waals surface area (Å²) in [5.74, 6) is 0.0931. The lowest BCUT2D eigenvalue weighted by molar-refractivity contribution is -0.121. The summed E-state index contributed by atoms with van der Waals surface area (Å²) in [5, 5.41) is 3.88. The largest absolute Gasteiger partial charge is 0.273 e. The van der Waals surface area contributed by atoms with Crippen LogP contribution in [0.3, 0.4) is 0 Å². The number of hydrogen-bond acceptors (Lipinski definition) is 1. The fraction of sp³-hybridized carbons (Fsp3) is 0.944. The van der Waals surface area contributed by atoms with Crippen LogP contribution in [0, 0.1) is 0 Å². The molecule has 0 rings (SSSR count). The Morgan fingerprint density at radius 2 is 1.05 bits per heavy atom. The summed E-state index contributed by atoms with van der Waals surface area (Å²) >= 11 is 0. The molecule has 0 N–H and O–H groups in total. The van der Waals surface area contributed by atoms with Crippen LogP contribution in [0.1, 0.15) is 104 Å². The van der Waals surface area contributed by atoms with Gasteiger partial charge in [0.05, 0.1) is 0 Å². The summed E-state index contributed by atoms with van der Waals surface area (Å²) in [6, 6.07) is 0. The fourth-order valence-corrected chi connectivity index (χ4v) is 2.55. The monoisotopic (exact) mass is 282 g/mol. The van der Waals surface area contributed by atoms with Gasteiger partial charge in [0.15, 0.2) is 0 Å². The second-order valence-corrected chi connectivity index (χ2v) is 5.86. The molecule has 20 heavy (non-hydrogen) atoms. The van der Waals surface area contributed by atoms with Gasteiger partial charge in [-0.25, -0.2) is 0 Å². The van der Waals surface area contributed by atoms with Crippen LogP contribution >= 0.6 is 0 Å². The molecule has 0 heterocycles. The molecule has 0 aromatic heterocycles. The van der Waals surface area contributed by atoms with Gasteiger partial charge < -0.3 is 0 Å². The van der Waals surface area contributed by atoms with E-state index < -0.39 is 0 Å². The summed E-state index contributed by atoms with van der Waals surface area (Å²) in [4.78, 5) is 11.2. The third-order valence-corrected chi connectivity index (χ3v) is 3.83. The van der Waals surface area contributed by atoms with Crippen LogP contribution in [-0.2, 0) is 4.79 Å². The Morgan fingerprint density at radius 3 is 1.45 bits per heavy atom. The molecule has 0 aliphatic heterocycles. The van der Waals surface area contributed by atoms with E-state index in [2.05, 4.69) is 12.2 Å². The van der Waals surface area contributed by atoms with E-state index in [-0.39, 0.29) is 5.91 Å². The van der Waals surface area contributed by atoms with E-state index in [4.69, 9.17) is 0 Å². The minimum Gasteiger partial charge on any atom is -0.273 e. The third kappa shape index (κ3) is 15.5. The summed E-state index contributed by atoms with van der Waals surface area (Å²) in [5.41, 5.74) is 0. The van der Waals surface area contributed by atoms with Crippen molar-refractivity contribution in [1.82, 2.24) is 5.32 Å². The first-order chi connectivity index (χ1) is 9.81. The maximum atomic E-state index is 11.2. The predicted molar refractivity (Wildman–Crippen MR) is 88.0 cm³/mol. The van der Waals surface area contributed by atoms with Gasteiger partial charge in [0.1, 0.15) is 0 Å². The van der Waals surface area contributed by atoms with Crippen molar-refractivity contribution in [3.8, 4) is 0 Å². The van der Waals surface area contributed by atoms with Gasteiger partial charge in [-0.05, 0) is 13.3 Å². The van der Waals surface area contributed by atoms with Crippen molar-refractivity contribution in [3.63, 3.8) is 0 Å². The molecule has 119 valence electrons. The highest BCUT2D eigenvalue weighted by molar-refractivity contribution is 5.75. The molecule has 0 aromatic rings. The molecule has 0 saturated carbocycles. The number of amides is 1. The Morgan fingerprint density at radius 1 is 0.650 bits per heavy atom. The molecule has 0 aliphatic rings. The minimum absolute atomic E-state index is 0.0931. The molecule has 0 spiro atoms. The van der Waals surface area contributed by atoms with Crippen molar-refractivity contribution in [2.24, 2.45) is 0 Å². The van der Waals surface area contributed by atoms with E-state index in [1.807, 2.05) is 6.92 Å². The van der Waals surface area contributed by atoms with Crippen molar-refractivity contribution < 1.29 is 4.79 Å². The van der Waals surface area contributed by atoms with Crippen molar-refractivity contribution >= 4 is 5.91 Å². The first kappa shape index (κ1) is 19.5. The van der Waals surface area contributed by atoms with E-state index in [0.29, 0.717) is 13.0 Å². The zero-order chi connectivity index (χ0) is 14.9. The van der Waals surface area contributed by atoms with Crippen molar-refractivity contribution in [2.45, 2.75) is 104 Å². The van der Waals surface area contributed by atoms with Gasteiger partial charge in [0, 0.05) is 13.0 Å². The average Bonchev–Trinajstić information content (AvgIpc) is 2.44. The Hall–Kier alpha value is -0.530. The van der Waals surface area contributed by atoms with Gasteiger partial charge in [-0.3, -0.25) is 10.1 Å². The lowest BCUT2D eigenvalue weighted by atomic mass is 10.0. The maximum Gasteiger partial charge on any atom is 0.241 e. The molecule has 0 unspecified atom stereocenters. The van der Waals surface area contributed by atoms with Crippen LogP contribution < -0.4 is 5.32 Å². The Kier molecular flexibility index (Phi) is 16.1. The van der Waals surface area contributed by atoms with E-state index >= 15 is 0 Å². The van der Waals surface area contributed by atoms with Crippen LogP contribution in [0.25, 0.3) is 0 Å². The Bertz CT molecular complexity index is 204. The molecule has 0 atom stereocenters. The highest BCUT2D eigenvalue weighted by Crippen LogP contribution is 2.12. The van der Waals surface area contributed by atoms with E-state index in [9.17, 15) is 4.79 Å². The topological polar surface area (TPSA) is 31.2 Å². The Labute approximate surface area is 127 Å². The molecule has 0 fully saturated rings. The zero-order valence-electron chi connectivity index (χ0n) is 14.0. The number of nitrogens with zero attached hydrogens (tertiary/aromatic N) is 1. The minimum atomic E-state index is 0.0931. The molecule has 0 saturated heterocycles. The maximum absolute atomic E-state index is 11.2. The molecule has 1 radical (unpaired) electrons.